The van der Waals surface area contributed by atoms with E-state index in [4.69, 9.17) is 4.74 Å². The summed E-state index contributed by atoms with van der Waals surface area (Å²) in [5, 5.41) is 2.80. The molecule has 0 aromatic heterocycles. The van der Waals surface area contributed by atoms with Crippen LogP contribution in [0.4, 0.5) is 10.1 Å². The largest absolute Gasteiger partial charge is 0.494 e. The highest BCUT2D eigenvalue weighted by molar-refractivity contribution is 9.10. The predicted octanol–water partition coefficient (Wildman–Crippen LogP) is 3.53. The number of nitrogens with one attached hydrogen (secondary N) is 1. The van der Waals surface area contributed by atoms with Crippen molar-refractivity contribution in [3.05, 3.63) is 58.8 Å². The van der Waals surface area contributed by atoms with Gasteiger partial charge in [0.2, 0.25) is 11.8 Å². The number of benzene rings is 2. The Kier molecular flexibility index (Phi) is 6.45. The summed E-state index contributed by atoms with van der Waals surface area (Å²) in [4.78, 5) is 26.5. The highest BCUT2D eigenvalue weighted by Gasteiger charge is 2.37. The molecule has 1 N–H and O–H groups in total. The van der Waals surface area contributed by atoms with E-state index in [-0.39, 0.29) is 17.6 Å². The minimum atomic E-state index is -0.651. The molecule has 7 heteroatoms. The molecular formula is C20H20BrFN2O3. The fraction of sp³-hybridized carbons (Fsp3) is 0.300. The van der Waals surface area contributed by atoms with E-state index in [1.54, 1.807) is 17.0 Å². The summed E-state index contributed by atoms with van der Waals surface area (Å²) in [6.07, 6.45) is 1.10. The van der Waals surface area contributed by atoms with E-state index < -0.39 is 5.92 Å². The van der Waals surface area contributed by atoms with Gasteiger partial charge in [0.05, 0.1) is 6.61 Å². The lowest BCUT2D eigenvalue weighted by atomic mass is 10.1. The van der Waals surface area contributed by atoms with Crippen molar-refractivity contribution in [1.82, 2.24) is 5.32 Å². The van der Waals surface area contributed by atoms with Crippen molar-refractivity contribution in [2.45, 2.75) is 12.8 Å². The van der Waals surface area contributed by atoms with E-state index in [9.17, 15) is 14.0 Å². The monoisotopic (exact) mass is 434 g/mol. The van der Waals surface area contributed by atoms with Gasteiger partial charge in [-0.05, 0) is 55.3 Å². The van der Waals surface area contributed by atoms with Crippen LogP contribution in [-0.2, 0) is 9.59 Å². The zero-order valence-electron chi connectivity index (χ0n) is 14.7. The summed E-state index contributed by atoms with van der Waals surface area (Å²) in [7, 11) is 0. The van der Waals surface area contributed by atoms with Crippen LogP contribution in [0.15, 0.2) is 53.0 Å². The number of hydrogen-bond acceptors (Lipinski definition) is 3. The molecular weight excluding hydrogens is 415 g/mol. The molecule has 1 atom stereocenters. The topological polar surface area (TPSA) is 58.6 Å². The SMILES string of the molecule is O=C(NCCCOc1ccc(F)cc1)C1CCN(c2cccc(Br)c2)C1=O. The first-order valence-electron chi connectivity index (χ1n) is 8.77. The van der Waals surface area contributed by atoms with E-state index in [1.165, 1.54) is 12.1 Å². The van der Waals surface area contributed by atoms with Crippen molar-refractivity contribution in [2.24, 2.45) is 5.92 Å². The van der Waals surface area contributed by atoms with Gasteiger partial charge in [0.1, 0.15) is 17.5 Å². The molecule has 2 amide bonds. The zero-order chi connectivity index (χ0) is 19.2. The fourth-order valence-corrected chi connectivity index (χ4v) is 3.34. The van der Waals surface area contributed by atoms with Gasteiger partial charge in [-0.1, -0.05) is 22.0 Å². The number of ether oxygens (including phenoxy) is 1. The maximum atomic E-state index is 12.8. The number of carbonyl (C=O) groups excluding carboxylic acids is 2. The van der Waals surface area contributed by atoms with Gasteiger partial charge >= 0.3 is 0 Å². The molecule has 2 aromatic carbocycles. The molecule has 0 radical (unpaired) electrons. The van der Waals surface area contributed by atoms with Gasteiger partial charge in [-0.25, -0.2) is 4.39 Å². The van der Waals surface area contributed by atoms with Gasteiger partial charge in [0, 0.05) is 23.2 Å². The number of anilines is 1. The zero-order valence-corrected chi connectivity index (χ0v) is 16.2. The third-order valence-corrected chi connectivity index (χ3v) is 4.84. The Labute approximate surface area is 165 Å². The molecule has 1 aliphatic heterocycles. The van der Waals surface area contributed by atoms with E-state index in [0.29, 0.717) is 38.3 Å². The maximum absolute atomic E-state index is 12.8. The lowest BCUT2D eigenvalue weighted by Crippen LogP contribution is -2.37. The Morgan fingerprint density at radius 2 is 2.04 bits per heavy atom. The normalized spacial score (nSPS) is 16.4. The van der Waals surface area contributed by atoms with Crippen LogP contribution >= 0.6 is 15.9 Å². The van der Waals surface area contributed by atoms with Gasteiger partial charge in [0.25, 0.3) is 0 Å². The minimum Gasteiger partial charge on any atom is -0.494 e. The van der Waals surface area contributed by atoms with Crippen LogP contribution in [0.5, 0.6) is 5.75 Å². The number of amides is 2. The molecule has 0 saturated carbocycles. The molecule has 1 aliphatic rings. The van der Waals surface area contributed by atoms with Crippen LogP contribution in [0.1, 0.15) is 12.8 Å². The molecule has 0 bridgehead atoms. The first-order chi connectivity index (χ1) is 13.0. The van der Waals surface area contributed by atoms with Gasteiger partial charge in [0.15, 0.2) is 0 Å². The van der Waals surface area contributed by atoms with Crippen LogP contribution in [0.25, 0.3) is 0 Å². The second kappa shape index (κ2) is 8.99. The van der Waals surface area contributed by atoms with Crippen molar-refractivity contribution in [3.63, 3.8) is 0 Å². The van der Waals surface area contributed by atoms with Gasteiger partial charge in [-0.2, -0.15) is 0 Å². The second-order valence-corrected chi connectivity index (χ2v) is 7.17. The second-order valence-electron chi connectivity index (χ2n) is 6.26. The summed E-state index contributed by atoms with van der Waals surface area (Å²) < 4.78 is 19.2. The number of nitrogens with zero attached hydrogens (tertiary/aromatic N) is 1. The van der Waals surface area contributed by atoms with Crippen LogP contribution in [0.2, 0.25) is 0 Å². The van der Waals surface area contributed by atoms with Crippen molar-refractivity contribution >= 4 is 33.4 Å². The summed E-state index contributed by atoms with van der Waals surface area (Å²) in [5.74, 6) is -0.805. The first kappa shape index (κ1) is 19.4. The Morgan fingerprint density at radius 1 is 1.26 bits per heavy atom. The maximum Gasteiger partial charge on any atom is 0.239 e. The molecule has 1 fully saturated rings. The van der Waals surface area contributed by atoms with Gasteiger partial charge < -0.3 is 15.0 Å². The predicted molar refractivity (Wildman–Crippen MR) is 104 cm³/mol. The summed E-state index contributed by atoms with van der Waals surface area (Å²) in [6, 6.07) is 13.3. The van der Waals surface area contributed by atoms with Crippen molar-refractivity contribution in [2.75, 3.05) is 24.6 Å². The summed E-state index contributed by atoms with van der Waals surface area (Å²) >= 11 is 3.39. The van der Waals surface area contributed by atoms with E-state index in [0.717, 1.165) is 10.2 Å². The Bertz CT molecular complexity index is 813. The van der Waals surface area contributed by atoms with Crippen LogP contribution < -0.4 is 15.0 Å². The standard InChI is InChI=1S/C20H20BrFN2O3/c21-14-3-1-4-16(13-14)24-11-9-18(20(24)26)19(25)23-10-2-12-27-17-7-5-15(22)6-8-17/h1,3-8,13,18H,2,9-12H2,(H,23,25). The van der Waals surface area contributed by atoms with Crippen LogP contribution in [-0.4, -0.2) is 31.5 Å². The Morgan fingerprint density at radius 3 is 2.78 bits per heavy atom. The number of carbonyl (C=O) groups is 2. The lowest BCUT2D eigenvalue weighted by Gasteiger charge is -2.17. The van der Waals surface area contributed by atoms with Crippen molar-refractivity contribution in [1.29, 1.82) is 0 Å². The van der Waals surface area contributed by atoms with Crippen LogP contribution in [0, 0.1) is 11.7 Å². The Hall–Kier alpha value is -2.41. The third-order valence-electron chi connectivity index (χ3n) is 4.34. The highest BCUT2D eigenvalue weighted by Crippen LogP contribution is 2.27. The molecule has 27 heavy (non-hydrogen) atoms. The van der Waals surface area contributed by atoms with Gasteiger partial charge in [-0.3, -0.25) is 9.59 Å². The van der Waals surface area contributed by atoms with Crippen molar-refractivity contribution in [3.8, 4) is 5.75 Å². The van der Waals surface area contributed by atoms with Crippen molar-refractivity contribution < 1.29 is 18.7 Å². The number of halogens is 2. The number of rotatable bonds is 7. The average molecular weight is 435 g/mol. The fourth-order valence-electron chi connectivity index (χ4n) is 2.95. The minimum absolute atomic E-state index is 0.173. The lowest BCUT2D eigenvalue weighted by molar-refractivity contribution is -0.132. The Balaban J connectivity index is 1.42. The van der Waals surface area contributed by atoms with Gasteiger partial charge in [-0.15, -0.1) is 0 Å². The first-order valence-corrected chi connectivity index (χ1v) is 9.57. The molecule has 0 aliphatic carbocycles. The van der Waals surface area contributed by atoms with E-state index in [2.05, 4.69) is 21.2 Å². The summed E-state index contributed by atoms with van der Waals surface area (Å²) in [5.41, 5.74) is 0.789. The summed E-state index contributed by atoms with van der Waals surface area (Å²) in [6.45, 7) is 1.34. The molecule has 2 aromatic rings. The molecule has 3 rings (SSSR count). The highest BCUT2D eigenvalue weighted by atomic mass is 79.9. The molecule has 1 saturated heterocycles. The average Bonchev–Trinajstić information content (AvgIpc) is 3.04. The molecule has 1 unspecified atom stereocenters. The smallest absolute Gasteiger partial charge is 0.239 e. The molecule has 0 spiro atoms. The third kappa shape index (κ3) is 5.07. The molecule has 1 heterocycles. The van der Waals surface area contributed by atoms with E-state index >= 15 is 0 Å². The molecule has 5 nitrogen and oxygen atoms in total. The van der Waals surface area contributed by atoms with E-state index in [1.807, 2.05) is 24.3 Å². The quantitative estimate of drug-likeness (QED) is 0.535. The molecule has 142 valence electrons. The number of hydrogen-bond donors (Lipinski definition) is 1. The van der Waals surface area contributed by atoms with Crippen LogP contribution in [0.3, 0.4) is 0 Å².